The average molecular weight is 459 g/mol. The van der Waals surface area contributed by atoms with Crippen LogP contribution in [0.5, 0.6) is 11.5 Å². The zero-order valence-corrected chi connectivity index (χ0v) is 19.3. The third-order valence-corrected chi connectivity index (χ3v) is 6.42. The maximum Gasteiger partial charge on any atom is 0.338 e. The van der Waals surface area contributed by atoms with E-state index in [0.29, 0.717) is 36.9 Å². The van der Waals surface area contributed by atoms with Gasteiger partial charge in [0.05, 0.1) is 11.6 Å². The zero-order valence-electron chi connectivity index (χ0n) is 19.3. The lowest BCUT2D eigenvalue weighted by atomic mass is 9.96. The van der Waals surface area contributed by atoms with Crippen LogP contribution in [0, 0.1) is 0 Å². The van der Waals surface area contributed by atoms with Gasteiger partial charge < -0.3 is 14.2 Å². The van der Waals surface area contributed by atoms with Crippen molar-refractivity contribution in [3.63, 3.8) is 0 Å². The van der Waals surface area contributed by atoms with E-state index in [0.717, 1.165) is 32.7 Å². The molecule has 2 aliphatic rings. The number of rotatable bonds is 7. The molecule has 34 heavy (non-hydrogen) atoms. The van der Waals surface area contributed by atoms with Crippen molar-refractivity contribution in [3.8, 4) is 11.5 Å². The average Bonchev–Trinajstić information content (AvgIpc) is 2.90. The van der Waals surface area contributed by atoms with E-state index in [9.17, 15) is 4.79 Å². The van der Waals surface area contributed by atoms with Gasteiger partial charge in [0.25, 0.3) is 0 Å². The van der Waals surface area contributed by atoms with Crippen LogP contribution in [0.25, 0.3) is 0 Å². The molecule has 0 radical (unpaired) electrons. The van der Waals surface area contributed by atoms with Gasteiger partial charge in [-0.15, -0.1) is 0 Å². The van der Waals surface area contributed by atoms with Crippen molar-refractivity contribution >= 4 is 5.97 Å². The zero-order chi connectivity index (χ0) is 23.2. The molecule has 0 bridgehead atoms. The second kappa shape index (κ2) is 10.7. The molecular weight excluding hydrogens is 428 g/mol. The third kappa shape index (κ3) is 5.24. The Balaban J connectivity index is 1.13. The van der Waals surface area contributed by atoms with Crippen LogP contribution >= 0.6 is 0 Å². The summed E-state index contributed by atoms with van der Waals surface area (Å²) in [6, 6.07) is 26.8. The molecule has 0 saturated carbocycles. The van der Waals surface area contributed by atoms with Gasteiger partial charge in [-0.25, -0.2) is 4.79 Å². The Kier molecular flexibility index (Phi) is 7.08. The minimum atomic E-state index is -0.330. The minimum absolute atomic E-state index is 0.248. The number of carbonyl (C=O) groups excluding carboxylic acids is 1. The predicted molar refractivity (Wildman–Crippen MR) is 130 cm³/mol. The van der Waals surface area contributed by atoms with Crippen LogP contribution in [-0.4, -0.2) is 68.3 Å². The Bertz CT molecular complexity index is 1040. The van der Waals surface area contributed by atoms with E-state index in [-0.39, 0.29) is 12.0 Å². The lowest BCUT2D eigenvalue weighted by Crippen LogP contribution is -2.48. The van der Waals surface area contributed by atoms with Crippen LogP contribution in [0.2, 0.25) is 0 Å². The van der Waals surface area contributed by atoms with Crippen molar-refractivity contribution in [1.82, 2.24) is 9.80 Å². The van der Waals surface area contributed by atoms with E-state index in [4.69, 9.17) is 14.2 Å². The minimum Gasteiger partial charge on any atom is -0.486 e. The summed E-state index contributed by atoms with van der Waals surface area (Å²) in [6.45, 7) is 5.93. The van der Waals surface area contributed by atoms with E-state index in [2.05, 4.69) is 70.5 Å². The molecule has 1 saturated heterocycles. The molecule has 0 atom stereocenters. The largest absolute Gasteiger partial charge is 0.486 e. The smallest absolute Gasteiger partial charge is 0.338 e. The quantitative estimate of drug-likeness (QED) is 0.499. The predicted octanol–water partition coefficient (Wildman–Crippen LogP) is 4.02. The number of hydrogen-bond donors (Lipinski definition) is 0. The highest BCUT2D eigenvalue weighted by Gasteiger charge is 2.26. The number of ether oxygens (including phenoxy) is 3. The molecule has 2 heterocycles. The van der Waals surface area contributed by atoms with Crippen molar-refractivity contribution in [2.24, 2.45) is 0 Å². The normalized spacial score (nSPS) is 16.4. The summed E-state index contributed by atoms with van der Waals surface area (Å²) in [4.78, 5) is 17.4. The summed E-state index contributed by atoms with van der Waals surface area (Å²) in [6.07, 6.45) is 0. The van der Waals surface area contributed by atoms with Gasteiger partial charge in [0.2, 0.25) is 0 Å². The van der Waals surface area contributed by atoms with E-state index in [1.54, 1.807) is 18.2 Å². The highest BCUT2D eigenvalue weighted by Crippen LogP contribution is 2.31. The van der Waals surface area contributed by atoms with E-state index in [1.165, 1.54) is 11.1 Å². The topological polar surface area (TPSA) is 51.2 Å². The summed E-state index contributed by atoms with van der Waals surface area (Å²) in [5.74, 6) is 0.942. The molecule has 6 nitrogen and oxygen atoms in total. The Labute approximate surface area is 200 Å². The van der Waals surface area contributed by atoms with Gasteiger partial charge in [-0.05, 0) is 29.3 Å². The van der Waals surface area contributed by atoms with Crippen LogP contribution < -0.4 is 9.47 Å². The maximum absolute atomic E-state index is 12.5. The van der Waals surface area contributed by atoms with Crippen LogP contribution in [0.4, 0.5) is 0 Å². The van der Waals surface area contributed by atoms with Crippen LogP contribution in [0.15, 0.2) is 78.9 Å². The van der Waals surface area contributed by atoms with Crippen LogP contribution in [0.3, 0.4) is 0 Å². The van der Waals surface area contributed by atoms with E-state index in [1.807, 2.05) is 0 Å². The van der Waals surface area contributed by atoms with Crippen LogP contribution in [-0.2, 0) is 4.74 Å². The van der Waals surface area contributed by atoms with Crippen molar-refractivity contribution < 1.29 is 19.0 Å². The van der Waals surface area contributed by atoms with Crippen molar-refractivity contribution in [3.05, 3.63) is 95.6 Å². The molecule has 0 N–H and O–H groups in total. The summed E-state index contributed by atoms with van der Waals surface area (Å²) in [5, 5.41) is 0. The number of nitrogens with zero attached hydrogens (tertiary/aromatic N) is 2. The number of esters is 1. The monoisotopic (exact) mass is 458 g/mol. The lowest BCUT2D eigenvalue weighted by Gasteiger charge is -2.39. The first-order valence-electron chi connectivity index (χ1n) is 11.9. The maximum atomic E-state index is 12.5. The fourth-order valence-electron chi connectivity index (χ4n) is 4.65. The van der Waals surface area contributed by atoms with Crippen LogP contribution in [0.1, 0.15) is 27.5 Å². The molecule has 2 aliphatic heterocycles. The van der Waals surface area contributed by atoms with E-state index < -0.39 is 0 Å². The first-order chi connectivity index (χ1) is 16.8. The molecule has 5 rings (SSSR count). The number of fused-ring (bicyclic) bond motifs is 1. The summed E-state index contributed by atoms with van der Waals surface area (Å²) in [5.41, 5.74) is 3.12. The third-order valence-electron chi connectivity index (χ3n) is 6.42. The van der Waals surface area contributed by atoms with Gasteiger partial charge in [-0.2, -0.15) is 0 Å². The molecule has 0 unspecified atom stereocenters. The Morgan fingerprint density at radius 2 is 1.41 bits per heavy atom. The first kappa shape index (κ1) is 22.4. The van der Waals surface area contributed by atoms with Gasteiger partial charge in [0, 0.05) is 32.7 Å². The molecule has 176 valence electrons. The highest BCUT2D eigenvalue weighted by atomic mass is 16.6. The Hall–Kier alpha value is -3.35. The molecule has 6 heteroatoms. The second-order valence-corrected chi connectivity index (χ2v) is 8.60. The Morgan fingerprint density at radius 1 is 0.794 bits per heavy atom. The lowest BCUT2D eigenvalue weighted by molar-refractivity contribution is 0.0406. The van der Waals surface area contributed by atoms with Gasteiger partial charge in [0.15, 0.2) is 11.5 Å². The molecule has 3 aromatic rings. The molecule has 0 aliphatic carbocycles. The number of hydrogen-bond acceptors (Lipinski definition) is 6. The molecule has 0 aromatic heterocycles. The number of piperazine rings is 1. The summed E-state index contributed by atoms with van der Waals surface area (Å²) < 4.78 is 16.6. The van der Waals surface area contributed by atoms with Gasteiger partial charge >= 0.3 is 5.97 Å². The van der Waals surface area contributed by atoms with Gasteiger partial charge in [-0.1, -0.05) is 60.7 Å². The number of carbonyl (C=O) groups is 1. The fourth-order valence-corrected chi connectivity index (χ4v) is 4.65. The summed E-state index contributed by atoms with van der Waals surface area (Å²) >= 11 is 0. The first-order valence-corrected chi connectivity index (χ1v) is 11.9. The highest BCUT2D eigenvalue weighted by molar-refractivity contribution is 5.90. The molecule has 0 amide bonds. The molecule has 3 aromatic carbocycles. The number of benzene rings is 3. The van der Waals surface area contributed by atoms with Crippen molar-refractivity contribution in [1.29, 1.82) is 0 Å². The molecular formula is C28H30N2O4. The Morgan fingerprint density at radius 3 is 2.06 bits per heavy atom. The van der Waals surface area contributed by atoms with Crippen molar-refractivity contribution in [2.75, 3.05) is 52.5 Å². The molecule has 1 fully saturated rings. The summed E-state index contributed by atoms with van der Waals surface area (Å²) in [7, 11) is 0. The van der Waals surface area contributed by atoms with Gasteiger partial charge in [0.1, 0.15) is 19.8 Å². The van der Waals surface area contributed by atoms with E-state index >= 15 is 0 Å². The second-order valence-electron chi connectivity index (χ2n) is 8.60. The SMILES string of the molecule is O=C(OCCN1CCN(C(c2ccccc2)c2ccccc2)CC1)c1ccc2c(c1)OCCO2. The standard InChI is InChI=1S/C28H30N2O4/c31-28(24-11-12-25-26(21-24)33-20-19-32-25)34-18-17-29-13-15-30(16-14-29)27(22-7-3-1-4-8-22)23-9-5-2-6-10-23/h1-12,21,27H,13-20H2. The van der Waals surface area contributed by atoms with Crippen molar-refractivity contribution in [2.45, 2.75) is 6.04 Å². The molecule has 0 spiro atoms. The van der Waals surface area contributed by atoms with Gasteiger partial charge in [-0.3, -0.25) is 9.80 Å². The fraction of sp³-hybridized carbons (Fsp3) is 0.321.